The van der Waals surface area contributed by atoms with Crippen molar-refractivity contribution >= 4 is 79.4 Å². The third kappa shape index (κ3) is 5.43. The molecule has 0 saturated carbocycles. The number of hydrogen-bond donors (Lipinski definition) is 2. The van der Waals surface area contributed by atoms with Gasteiger partial charge in [-0.05, 0) is 106 Å². The van der Waals surface area contributed by atoms with Crippen LogP contribution in [0, 0.1) is 10.7 Å². The number of rotatable bonds is 3. The number of benzene rings is 1. The van der Waals surface area contributed by atoms with Gasteiger partial charge in [0.2, 0.25) is 5.91 Å². The molecule has 0 bridgehead atoms. The molecule has 116 valence electrons. The van der Waals surface area contributed by atoms with E-state index in [1.54, 1.807) is 0 Å². The van der Waals surface area contributed by atoms with E-state index in [1.807, 2.05) is 24.0 Å². The summed E-state index contributed by atoms with van der Waals surface area (Å²) in [6, 6.07) is 4.09. The summed E-state index contributed by atoms with van der Waals surface area (Å²) in [5.74, 6) is -0.0234. The Morgan fingerprint density at radius 1 is 1.38 bits per heavy atom. The van der Waals surface area contributed by atoms with Crippen molar-refractivity contribution in [3.05, 3.63) is 22.8 Å². The van der Waals surface area contributed by atoms with E-state index in [0.29, 0.717) is 13.1 Å². The third-order valence-electron chi connectivity index (χ3n) is 3.39. The third-order valence-corrected chi connectivity index (χ3v) is 5.72. The minimum atomic E-state index is -0.676. The highest BCUT2D eigenvalue weighted by atomic mass is 127. The molecule has 1 aliphatic heterocycles. The number of piperidine rings is 1. The van der Waals surface area contributed by atoms with Crippen LogP contribution >= 0.6 is 67.8 Å². The van der Waals surface area contributed by atoms with Crippen LogP contribution in [-0.4, -0.2) is 41.1 Å². The van der Waals surface area contributed by atoms with Crippen LogP contribution in [0.5, 0.6) is 0 Å². The number of carbonyl (C=O) groups excluding carboxylic acids is 1. The first-order valence-electron chi connectivity index (χ1n) is 6.66. The molecule has 1 atom stereocenters. The minimum Gasteiger partial charge on any atom is -0.389 e. The summed E-state index contributed by atoms with van der Waals surface area (Å²) in [6.07, 6.45) is 1.73. The number of halogens is 3. The highest BCUT2D eigenvalue weighted by Gasteiger charge is 2.29. The molecule has 1 heterocycles. The van der Waals surface area contributed by atoms with Gasteiger partial charge in [-0.15, -0.1) is 0 Å². The maximum absolute atomic E-state index is 12.2. The molecular formula is C14H17I3N2O2. The van der Waals surface area contributed by atoms with E-state index in [-0.39, 0.29) is 5.91 Å². The Bertz CT molecular complexity index is 526. The zero-order valence-corrected chi connectivity index (χ0v) is 18.1. The minimum absolute atomic E-state index is 0.0234. The molecule has 1 aromatic rings. The largest absolute Gasteiger partial charge is 0.389 e. The Morgan fingerprint density at radius 2 is 2.00 bits per heavy atom. The normalized spacial score (nSPS) is 23.1. The van der Waals surface area contributed by atoms with E-state index in [2.05, 4.69) is 73.1 Å². The number of hydrogen-bond acceptors (Lipinski definition) is 3. The van der Waals surface area contributed by atoms with Gasteiger partial charge in [0.15, 0.2) is 0 Å². The average Bonchev–Trinajstić information content (AvgIpc) is 2.32. The number of β-amino-alcohol motifs (C(OH)–C–C–N with tert-alkyl or cyclic N) is 1. The molecule has 2 N–H and O–H groups in total. The van der Waals surface area contributed by atoms with Gasteiger partial charge >= 0.3 is 0 Å². The first-order chi connectivity index (χ1) is 9.77. The monoisotopic (exact) mass is 626 g/mol. The molecule has 1 aliphatic rings. The van der Waals surface area contributed by atoms with Gasteiger partial charge < -0.3 is 10.4 Å². The smallest absolute Gasteiger partial charge is 0.238 e. The summed E-state index contributed by atoms with van der Waals surface area (Å²) >= 11 is 6.76. The highest BCUT2D eigenvalue weighted by molar-refractivity contribution is 14.1. The van der Waals surface area contributed by atoms with Gasteiger partial charge in [-0.1, -0.05) is 0 Å². The van der Waals surface area contributed by atoms with Crippen molar-refractivity contribution in [3.63, 3.8) is 0 Å². The van der Waals surface area contributed by atoms with E-state index in [0.717, 1.165) is 35.8 Å². The zero-order chi connectivity index (χ0) is 15.6. The van der Waals surface area contributed by atoms with E-state index < -0.39 is 5.60 Å². The molecular weight excluding hydrogens is 609 g/mol. The van der Waals surface area contributed by atoms with E-state index in [9.17, 15) is 9.90 Å². The van der Waals surface area contributed by atoms with Gasteiger partial charge in [-0.3, -0.25) is 9.69 Å². The second kappa shape index (κ2) is 7.58. The van der Waals surface area contributed by atoms with Gasteiger partial charge in [-0.2, -0.15) is 0 Å². The maximum Gasteiger partial charge on any atom is 0.238 e. The molecule has 2 rings (SSSR count). The molecule has 0 aromatic heterocycles. The Hall–Kier alpha value is 0.800. The molecule has 1 amide bonds. The van der Waals surface area contributed by atoms with Crippen LogP contribution in [0.3, 0.4) is 0 Å². The summed E-state index contributed by atoms with van der Waals surface area (Å²) in [6.45, 7) is 3.59. The number of anilines is 1. The summed E-state index contributed by atoms with van der Waals surface area (Å²) in [7, 11) is 0. The zero-order valence-electron chi connectivity index (χ0n) is 11.6. The van der Waals surface area contributed by atoms with Crippen LogP contribution in [0.4, 0.5) is 5.69 Å². The molecule has 7 heteroatoms. The number of likely N-dealkylation sites (tertiary alicyclic amines) is 1. The molecule has 0 spiro atoms. The topological polar surface area (TPSA) is 52.6 Å². The first kappa shape index (κ1) is 18.1. The van der Waals surface area contributed by atoms with E-state index in [4.69, 9.17) is 0 Å². The van der Waals surface area contributed by atoms with Crippen LogP contribution in [0.15, 0.2) is 12.1 Å². The van der Waals surface area contributed by atoms with Crippen LogP contribution in [-0.2, 0) is 4.79 Å². The highest BCUT2D eigenvalue weighted by Crippen LogP contribution is 2.27. The van der Waals surface area contributed by atoms with Crippen molar-refractivity contribution in [1.82, 2.24) is 4.90 Å². The van der Waals surface area contributed by atoms with Crippen LogP contribution in [0.2, 0.25) is 0 Å². The van der Waals surface area contributed by atoms with Crippen molar-refractivity contribution in [1.29, 1.82) is 0 Å². The summed E-state index contributed by atoms with van der Waals surface area (Å²) in [5.41, 5.74) is 0.204. The van der Waals surface area contributed by atoms with Crippen molar-refractivity contribution in [2.24, 2.45) is 0 Å². The lowest BCUT2D eigenvalue weighted by Crippen LogP contribution is -2.48. The predicted octanol–water partition coefficient (Wildman–Crippen LogP) is 3.29. The molecule has 21 heavy (non-hydrogen) atoms. The SMILES string of the molecule is CC1(O)CCCN(CC(=O)Nc2c(I)cc(I)cc2I)C1. The van der Waals surface area contributed by atoms with Crippen LogP contribution < -0.4 is 5.32 Å². The van der Waals surface area contributed by atoms with Crippen molar-refractivity contribution < 1.29 is 9.90 Å². The van der Waals surface area contributed by atoms with Gasteiger partial charge in [0.25, 0.3) is 0 Å². The van der Waals surface area contributed by atoms with Crippen LogP contribution in [0.25, 0.3) is 0 Å². The van der Waals surface area contributed by atoms with Crippen LogP contribution in [0.1, 0.15) is 19.8 Å². The molecule has 1 saturated heterocycles. The van der Waals surface area contributed by atoms with Gasteiger partial charge in [0.1, 0.15) is 0 Å². The molecule has 4 nitrogen and oxygen atoms in total. The van der Waals surface area contributed by atoms with Crippen molar-refractivity contribution in [2.45, 2.75) is 25.4 Å². The summed E-state index contributed by atoms with van der Waals surface area (Å²) in [4.78, 5) is 14.3. The summed E-state index contributed by atoms with van der Waals surface area (Å²) < 4.78 is 3.25. The Labute approximate surface area is 165 Å². The lowest BCUT2D eigenvalue weighted by molar-refractivity contribution is -0.118. The maximum atomic E-state index is 12.2. The fraction of sp³-hybridized carbons (Fsp3) is 0.500. The van der Waals surface area contributed by atoms with E-state index >= 15 is 0 Å². The summed E-state index contributed by atoms with van der Waals surface area (Å²) in [5, 5.41) is 13.1. The molecule has 1 fully saturated rings. The lowest BCUT2D eigenvalue weighted by Gasteiger charge is -2.36. The average molecular weight is 626 g/mol. The van der Waals surface area contributed by atoms with E-state index in [1.165, 1.54) is 0 Å². The van der Waals surface area contributed by atoms with Gasteiger partial charge in [0.05, 0.1) is 17.8 Å². The fourth-order valence-electron chi connectivity index (χ4n) is 2.50. The number of nitrogens with zero attached hydrogens (tertiary/aromatic N) is 1. The number of amides is 1. The number of carbonyl (C=O) groups is 1. The standard InChI is InChI=1S/C14H17I3N2O2/c1-14(21)3-2-4-19(8-14)7-12(20)18-13-10(16)5-9(15)6-11(13)17/h5-6,21H,2-4,7-8H2,1H3,(H,18,20). The molecule has 0 aliphatic carbocycles. The molecule has 1 aromatic carbocycles. The second-order valence-corrected chi connectivity index (χ2v) is 9.17. The Balaban J connectivity index is 1.99. The Kier molecular flexibility index (Phi) is 6.55. The van der Waals surface area contributed by atoms with Gasteiger partial charge in [0, 0.05) is 17.3 Å². The second-order valence-electron chi connectivity index (χ2n) is 5.60. The fourth-order valence-corrected chi connectivity index (χ4v) is 6.35. The van der Waals surface area contributed by atoms with Crippen molar-refractivity contribution in [3.8, 4) is 0 Å². The molecule has 1 unspecified atom stereocenters. The lowest BCUT2D eigenvalue weighted by atomic mass is 9.95. The number of aliphatic hydroxyl groups is 1. The van der Waals surface area contributed by atoms with Gasteiger partial charge in [-0.25, -0.2) is 0 Å². The van der Waals surface area contributed by atoms with Crippen molar-refractivity contribution in [2.75, 3.05) is 25.0 Å². The quantitative estimate of drug-likeness (QED) is 0.508. The molecule has 0 radical (unpaired) electrons. The first-order valence-corrected chi connectivity index (χ1v) is 9.89. The predicted molar refractivity (Wildman–Crippen MR) is 110 cm³/mol. The number of nitrogens with one attached hydrogen (secondary N) is 1. The Morgan fingerprint density at radius 3 is 2.57 bits per heavy atom.